The molecule has 0 bridgehead atoms. The van der Waals surface area contributed by atoms with Crippen LogP contribution in [0.15, 0.2) is 59.1 Å². The zero-order valence-electron chi connectivity index (χ0n) is 17.2. The molecule has 0 aliphatic carbocycles. The fraction of sp³-hybridized carbons (Fsp3) is 0.304. The van der Waals surface area contributed by atoms with Gasteiger partial charge in [0.05, 0.1) is 11.2 Å². The van der Waals surface area contributed by atoms with Crippen LogP contribution in [0, 0.1) is 0 Å². The molecule has 1 aliphatic heterocycles. The highest BCUT2D eigenvalue weighted by molar-refractivity contribution is 5.93. The number of anilines is 2. The van der Waals surface area contributed by atoms with Crippen LogP contribution in [0.4, 0.5) is 11.9 Å². The molecular weight excluding hydrogens is 376 g/mol. The molecule has 5 rings (SSSR count). The number of para-hydroxylation sites is 1. The van der Waals surface area contributed by atoms with Crippen molar-refractivity contribution in [3.63, 3.8) is 0 Å². The lowest BCUT2D eigenvalue weighted by atomic mass is 9.97. The quantitative estimate of drug-likeness (QED) is 0.510. The van der Waals surface area contributed by atoms with Gasteiger partial charge < -0.3 is 14.3 Å². The van der Waals surface area contributed by atoms with E-state index < -0.39 is 0 Å². The number of benzene rings is 2. The van der Waals surface area contributed by atoms with Gasteiger partial charge in [-0.25, -0.2) is 9.97 Å². The fourth-order valence-corrected chi connectivity index (χ4v) is 3.92. The molecular formula is C23H24N6O. The predicted octanol–water partition coefficient (Wildman–Crippen LogP) is 4.13. The molecule has 1 aliphatic rings. The van der Waals surface area contributed by atoms with Gasteiger partial charge in [-0.2, -0.15) is 4.98 Å². The van der Waals surface area contributed by atoms with Crippen LogP contribution in [0.5, 0.6) is 0 Å². The van der Waals surface area contributed by atoms with Gasteiger partial charge in [-0.1, -0.05) is 48.5 Å². The molecule has 2 aromatic heterocycles. The Balaban J connectivity index is 1.42. The molecule has 0 radical (unpaired) electrons. The Morgan fingerprint density at radius 2 is 1.63 bits per heavy atom. The third kappa shape index (κ3) is 3.47. The van der Waals surface area contributed by atoms with Crippen LogP contribution >= 0.6 is 0 Å². The van der Waals surface area contributed by atoms with E-state index in [2.05, 4.69) is 39.3 Å². The van der Waals surface area contributed by atoms with Crippen molar-refractivity contribution in [2.45, 2.75) is 18.8 Å². The maximum absolute atomic E-state index is 5.49. The van der Waals surface area contributed by atoms with E-state index in [0.29, 0.717) is 5.95 Å². The summed E-state index contributed by atoms with van der Waals surface area (Å²) in [6.07, 6.45) is 1.87. The third-order valence-electron chi connectivity index (χ3n) is 5.60. The Morgan fingerprint density at radius 3 is 2.37 bits per heavy atom. The summed E-state index contributed by atoms with van der Waals surface area (Å²) in [6, 6.07) is 18.5. The van der Waals surface area contributed by atoms with Gasteiger partial charge in [0.1, 0.15) is 0 Å². The van der Waals surface area contributed by atoms with E-state index in [-0.39, 0.29) is 5.92 Å². The number of fused-ring (bicyclic) bond motifs is 1. The lowest BCUT2D eigenvalue weighted by Gasteiger charge is -2.30. The molecule has 0 spiro atoms. The summed E-state index contributed by atoms with van der Waals surface area (Å²) < 4.78 is 5.49. The van der Waals surface area contributed by atoms with E-state index in [1.807, 2.05) is 49.3 Å². The van der Waals surface area contributed by atoms with E-state index in [9.17, 15) is 0 Å². The zero-order valence-corrected chi connectivity index (χ0v) is 17.2. The van der Waals surface area contributed by atoms with Gasteiger partial charge in [0.15, 0.2) is 0 Å². The Kier molecular flexibility index (Phi) is 4.78. The highest BCUT2D eigenvalue weighted by atomic mass is 16.5. The first-order chi connectivity index (χ1) is 14.7. The van der Waals surface area contributed by atoms with Gasteiger partial charge in [-0.15, -0.1) is 0 Å². The van der Waals surface area contributed by atoms with Crippen LogP contribution in [0.3, 0.4) is 0 Å². The predicted molar refractivity (Wildman–Crippen MR) is 118 cm³/mol. The van der Waals surface area contributed by atoms with Crippen LogP contribution in [0.25, 0.3) is 22.2 Å². The van der Waals surface area contributed by atoms with Crippen molar-refractivity contribution >= 4 is 22.8 Å². The van der Waals surface area contributed by atoms with Crippen molar-refractivity contribution in [1.82, 2.24) is 20.1 Å². The molecule has 0 atom stereocenters. The van der Waals surface area contributed by atoms with Crippen molar-refractivity contribution in [2.75, 3.05) is 37.0 Å². The maximum atomic E-state index is 5.49. The van der Waals surface area contributed by atoms with E-state index in [1.54, 1.807) is 0 Å². The minimum atomic E-state index is 0.275. The summed E-state index contributed by atoms with van der Waals surface area (Å²) in [5.74, 6) is 2.41. The van der Waals surface area contributed by atoms with Gasteiger partial charge in [0.25, 0.3) is 5.95 Å². The van der Waals surface area contributed by atoms with Crippen molar-refractivity contribution in [2.24, 2.45) is 0 Å². The average molecular weight is 400 g/mol. The zero-order chi connectivity index (χ0) is 20.5. The first kappa shape index (κ1) is 18.5. The topological polar surface area (TPSA) is 71.2 Å². The van der Waals surface area contributed by atoms with Gasteiger partial charge in [0.2, 0.25) is 11.8 Å². The lowest BCUT2D eigenvalue weighted by Crippen LogP contribution is -2.34. The molecule has 2 aromatic carbocycles. The van der Waals surface area contributed by atoms with Crippen LogP contribution in [-0.4, -0.2) is 47.3 Å². The fourth-order valence-electron chi connectivity index (χ4n) is 3.92. The maximum Gasteiger partial charge on any atom is 0.265 e. The Morgan fingerprint density at radius 1 is 0.900 bits per heavy atom. The molecule has 1 fully saturated rings. The van der Waals surface area contributed by atoms with Crippen molar-refractivity contribution in [1.29, 1.82) is 0 Å². The molecule has 3 heterocycles. The molecule has 7 heteroatoms. The Bertz CT molecular complexity index is 1150. The molecule has 1 saturated heterocycles. The largest absolute Gasteiger partial charge is 0.344 e. The van der Waals surface area contributed by atoms with Crippen molar-refractivity contribution in [3.05, 3.63) is 60.5 Å². The van der Waals surface area contributed by atoms with Crippen LogP contribution in [0.2, 0.25) is 0 Å². The third-order valence-corrected chi connectivity index (χ3v) is 5.60. The van der Waals surface area contributed by atoms with E-state index >= 15 is 0 Å². The summed E-state index contributed by atoms with van der Waals surface area (Å²) in [5, 5.41) is 5.12. The average Bonchev–Trinajstić information content (AvgIpc) is 3.30. The second kappa shape index (κ2) is 7.74. The van der Waals surface area contributed by atoms with Gasteiger partial charge in [0, 0.05) is 44.1 Å². The van der Waals surface area contributed by atoms with E-state index in [1.165, 1.54) is 0 Å². The van der Waals surface area contributed by atoms with Gasteiger partial charge in [-0.05, 0) is 24.1 Å². The monoisotopic (exact) mass is 400 g/mol. The van der Waals surface area contributed by atoms with E-state index in [4.69, 9.17) is 14.5 Å². The molecule has 152 valence electrons. The molecule has 4 aromatic rings. The molecule has 30 heavy (non-hydrogen) atoms. The van der Waals surface area contributed by atoms with Crippen molar-refractivity contribution < 1.29 is 4.52 Å². The highest BCUT2D eigenvalue weighted by Gasteiger charge is 2.27. The SMILES string of the molecule is CN(C)c1noc(C2CCN(c3nc(-c4ccccc4)c4ccccc4n3)CC2)n1. The van der Waals surface area contributed by atoms with Crippen LogP contribution in [0.1, 0.15) is 24.7 Å². The molecule has 7 nitrogen and oxygen atoms in total. The summed E-state index contributed by atoms with van der Waals surface area (Å²) in [5.41, 5.74) is 3.05. The van der Waals surface area contributed by atoms with E-state index in [0.717, 1.165) is 59.9 Å². The highest BCUT2D eigenvalue weighted by Crippen LogP contribution is 2.32. The normalized spacial score (nSPS) is 14.9. The van der Waals surface area contributed by atoms with Gasteiger partial charge in [-0.3, -0.25) is 0 Å². The summed E-state index contributed by atoms with van der Waals surface area (Å²) >= 11 is 0. The number of rotatable bonds is 4. The number of hydrogen-bond donors (Lipinski definition) is 0. The Labute approximate surface area is 175 Å². The standard InChI is InChI=1S/C23H24N6O/c1-28(2)23-26-21(30-27-23)17-12-14-29(15-13-17)22-24-19-11-7-6-10-18(19)20(25-22)16-8-4-3-5-9-16/h3-11,17H,12-15H2,1-2H3. The second-order valence-electron chi connectivity index (χ2n) is 7.84. The minimum Gasteiger partial charge on any atom is -0.344 e. The number of piperidine rings is 1. The van der Waals surface area contributed by atoms with Gasteiger partial charge >= 0.3 is 0 Å². The minimum absolute atomic E-state index is 0.275. The van der Waals surface area contributed by atoms with Crippen LogP contribution < -0.4 is 9.80 Å². The number of hydrogen-bond acceptors (Lipinski definition) is 7. The molecule has 0 saturated carbocycles. The summed E-state index contributed by atoms with van der Waals surface area (Å²) in [6.45, 7) is 1.72. The number of nitrogens with zero attached hydrogens (tertiary/aromatic N) is 6. The first-order valence-electron chi connectivity index (χ1n) is 10.3. The number of aromatic nitrogens is 4. The summed E-state index contributed by atoms with van der Waals surface area (Å²) in [4.78, 5) is 18.5. The smallest absolute Gasteiger partial charge is 0.265 e. The van der Waals surface area contributed by atoms with Crippen LogP contribution in [-0.2, 0) is 0 Å². The second-order valence-corrected chi connectivity index (χ2v) is 7.84. The van der Waals surface area contributed by atoms with Crippen molar-refractivity contribution in [3.8, 4) is 11.3 Å². The first-order valence-corrected chi connectivity index (χ1v) is 10.3. The molecule has 0 N–H and O–H groups in total. The molecule has 0 unspecified atom stereocenters. The molecule has 0 amide bonds. The Hall–Kier alpha value is -3.48. The lowest BCUT2D eigenvalue weighted by molar-refractivity contribution is 0.328. The summed E-state index contributed by atoms with van der Waals surface area (Å²) in [7, 11) is 3.83.